The van der Waals surface area contributed by atoms with E-state index in [1.807, 2.05) is 42.5 Å². The quantitative estimate of drug-likeness (QED) is 0.401. The molecule has 1 aliphatic rings. The Balaban J connectivity index is 1.27. The average Bonchev–Trinajstić information content (AvgIpc) is 3.34. The number of para-hydroxylation sites is 1. The van der Waals surface area contributed by atoms with Crippen molar-refractivity contribution in [1.82, 2.24) is 10.3 Å². The fraction of sp³-hybridized carbons (Fsp3) is 0.154. The number of carbonyl (C=O) groups excluding carboxylic acids is 1. The first-order valence-corrected chi connectivity index (χ1v) is 11.1. The van der Waals surface area contributed by atoms with Crippen molar-refractivity contribution >= 4 is 28.4 Å². The van der Waals surface area contributed by atoms with Crippen LogP contribution in [0.2, 0.25) is 5.02 Å². The number of phenolic OH excluding ortho intramolecular Hbond substituents is 1. The molecule has 172 valence electrons. The number of carbonyl (C=O) groups is 1. The number of ether oxygens (including phenoxy) is 3. The molecule has 1 amide bonds. The van der Waals surface area contributed by atoms with E-state index in [0.717, 1.165) is 11.1 Å². The molecule has 0 bridgehead atoms. The van der Waals surface area contributed by atoms with Crippen LogP contribution in [0, 0.1) is 0 Å². The van der Waals surface area contributed by atoms with Crippen LogP contribution in [0.25, 0.3) is 22.0 Å². The third-order valence-electron chi connectivity index (χ3n) is 5.51. The molecule has 1 aliphatic heterocycles. The predicted molar refractivity (Wildman–Crippen MR) is 129 cm³/mol. The maximum absolute atomic E-state index is 12.1. The molecule has 2 heterocycles. The molecule has 34 heavy (non-hydrogen) atoms. The topological polar surface area (TPSA) is 89.9 Å². The molecule has 0 radical (unpaired) electrons. The molecule has 0 spiro atoms. The second-order valence-corrected chi connectivity index (χ2v) is 8.16. The molecule has 0 unspecified atom stereocenters. The van der Waals surface area contributed by atoms with Crippen molar-refractivity contribution in [3.8, 4) is 34.1 Å². The number of phenols is 1. The summed E-state index contributed by atoms with van der Waals surface area (Å²) in [6.45, 7) is 0.443. The highest BCUT2D eigenvalue weighted by Gasteiger charge is 2.16. The average molecular weight is 477 g/mol. The highest BCUT2D eigenvalue weighted by Crippen LogP contribution is 2.38. The maximum atomic E-state index is 12.1. The molecular weight excluding hydrogens is 456 g/mol. The van der Waals surface area contributed by atoms with Crippen molar-refractivity contribution in [3.05, 3.63) is 77.4 Å². The summed E-state index contributed by atoms with van der Waals surface area (Å²) in [5, 5.41) is 14.7. The van der Waals surface area contributed by atoms with Gasteiger partial charge in [-0.2, -0.15) is 0 Å². The lowest BCUT2D eigenvalue weighted by atomic mass is 10.0. The molecule has 0 fully saturated rings. The zero-order chi connectivity index (χ0) is 23.5. The van der Waals surface area contributed by atoms with E-state index in [1.165, 1.54) is 0 Å². The normalized spacial score (nSPS) is 12.0. The van der Waals surface area contributed by atoms with E-state index in [-0.39, 0.29) is 25.1 Å². The van der Waals surface area contributed by atoms with Crippen LogP contribution in [-0.4, -0.2) is 35.9 Å². The summed E-state index contributed by atoms with van der Waals surface area (Å²) < 4.78 is 16.3. The minimum absolute atomic E-state index is 0.0476. The van der Waals surface area contributed by atoms with Crippen LogP contribution in [0.5, 0.6) is 23.0 Å². The van der Waals surface area contributed by atoms with Crippen LogP contribution in [0.15, 0.2) is 66.9 Å². The number of fused-ring (bicyclic) bond motifs is 2. The van der Waals surface area contributed by atoms with Gasteiger partial charge >= 0.3 is 0 Å². The molecular formula is C26H21ClN2O5. The Morgan fingerprint density at radius 3 is 2.74 bits per heavy atom. The molecule has 5 rings (SSSR count). The van der Waals surface area contributed by atoms with Crippen molar-refractivity contribution < 1.29 is 24.1 Å². The van der Waals surface area contributed by atoms with Crippen molar-refractivity contribution in [2.45, 2.75) is 6.42 Å². The molecule has 0 saturated carbocycles. The van der Waals surface area contributed by atoms with Gasteiger partial charge in [-0.05, 0) is 53.9 Å². The highest BCUT2D eigenvalue weighted by atomic mass is 35.5. The summed E-state index contributed by atoms with van der Waals surface area (Å²) >= 11 is 6.54. The predicted octanol–water partition coefficient (Wildman–Crippen LogP) is 4.73. The summed E-state index contributed by atoms with van der Waals surface area (Å²) in [5.41, 5.74) is 2.75. The summed E-state index contributed by atoms with van der Waals surface area (Å²) in [6, 6.07) is 18.4. The summed E-state index contributed by atoms with van der Waals surface area (Å²) in [4.78, 5) is 16.5. The number of rotatable bonds is 7. The van der Waals surface area contributed by atoms with E-state index >= 15 is 0 Å². The molecule has 2 N–H and O–H groups in total. The van der Waals surface area contributed by atoms with E-state index < -0.39 is 0 Å². The Bertz CT molecular complexity index is 1360. The van der Waals surface area contributed by atoms with E-state index in [2.05, 4.69) is 10.3 Å². The number of pyridine rings is 1. The molecule has 8 heteroatoms. The number of nitrogens with one attached hydrogen (secondary N) is 1. The number of aromatic hydroxyl groups is 1. The third-order valence-corrected chi connectivity index (χ3v) is 5.82. The standard InChI is InChI=1S/C26H21ClN2O5/c27-21-11-17(8-9-28-24(30)14-32-19-4-2-1-3-5-19)26(31)25-20(21)10-18(13-29-25)16-6-7-22-23(12-16)34-15-33-22/h1-7,10-13,31H,8-9,14-15H2,(H,28,30). The van der Waals surface area contributed by atoms with Gasteiger partial charge in [0, 0.05) is 23.7 Å². The fourth-order valence-electron chi connectivity index (χ4n) is 3.76. The molecule has 1 aromatic heterocycles. The van der Waals surface area contributed by atoms with Crippen molar-refractivity contribution in [1.29, 1.82) is 0 Å². The Morgan fingerprint density at radius 2 is 1.88 bits per heavy atom. The first-order valence-electron chi connectivity index (χ1n) is 10.7. The van der Waals surface area contributed by atoms with Gasteiger partial charge < -0.3 is 24.6 Å². The zero-order valence-corrected chi connectivity index (χ0v) is 18.8. The van der Waals surface area contributed by atoms with Gasteiger partial charge in [-0.1, -0.05) is 35.9 Å². The Hall–Kier alpha value is -3.97. The van der Waals surface area contributed by atoms with Gasteiger partial charge in [0.15, 0.2) is 18.1 Å². The highest BCUT2D eigenvalue weighted by molar-refractivity contribution is 6.35. The largest absolute Gasteiger partial charge is 0.505 e. The SMILES string of the molecule is O=C(COc1ccccc1)NCCc1cc(Cl)c2cc(-c3ccc4c(c3)OCO4)cnc2c1O. The maximum Gasteiger partial charge on any atom is 0.257 e. The van der Waals surface area contributed by atoms with E-state index in [4.69, 9.17) is 25.8 Å². The number of aromatic nitrogens is 1. The lowest BCUT2D eigenvalue weighted by Gasteiger charge is -2.12. The van der Waals surface area contributed by atoms with E-state index in [1.54, 1.807) is 24.4 Å². The van der Waals surface area contributed by atoms with E-state index in [0.29, 0.717) is 51.7 Å². The summed E-state index contributed by atoms with van der Waals surface area (Å²) in [7, 11) is 0. The van der Waals surface area contributed by atoms with Crippen molar-refractivity contribution in [2.75, 3.05) is 19.9 Å². The van der Waals surface area contributed by atoms with Gasteiger partial charge in [-0.25, -0.2) is 0 Å². The van der Waals surface area contributed by atoms with Crippen LogP contribution in [0.4, 0.5) is 0 Å². The zero-order valence-electron chi connectivity index (χ0n) is 18.1. The number of amides is 1. The number of halogens is 1. The molecule has 0 atom stereocenters. The fourth-order valence-corrected chi connectivity index (χ4v) is 4.04. The minimum atomic E-state index is -0.248. The van der Waals surface area contributed by atoms with Gasteiger partial charge in [0.1, 0.15) is 17.0 Å². The first-order chi connectivity index (χ1) is 16.6. The second-order valence-electron chi connectivity index (χ2n) is 7.76. The second kappa shape index (κ2) is 9.49. The van der Waals surface area contributed by atoms with Crippen molar-refractivity contribution in [3.63, 3.8) is 0 Å². The summed E-state index contributed by atoms with van der Waals surface area (Å²) in [6.07, 6.45) is 2.08. The molecule has 3 aromatic carbocycles. The van der Waals surface area contributed by atoms with Crippen LogP contribution >= 0.6 is 11.6 Å². The van der Waals surface area contributed by atoms with Gasteiger partial charge in [0.25, 0.3) is 5.91 Å². The van der Waals surface area contributed by atoms with Crippen molar-refractivity contribution in [2.24, 2.45) is 0 Å². The number of hydrogen-bond acceptors (Lipinski definition) is 6. The van der Waals surface area contributed by atoms with Gasteiger partial charge in [-0.15, -0.1) is 0 Å². The number of hydrogen-bond donors (Lipinski definition) is 2. The Labute approximate surface area is 200 Å². The van der Waals surface area contributed by atoms with Gasteiger partial charge in [-0.3, -0.25) is 9.78 Å². The van der Waals surface area contributed by atoms with Gasteiger partial charge in [0.05, 0.1) is 5.02 Å². The van der Waals surface area contributed by atoms with Crippen LogP contribution in [0.3, 0.4) is 0 Å². The summed E-state index contributed by atoms with van der Waals surface area (Å²) in [5.74, 6) is 1.81. The van der Waals surface area contributed by atoms with Gasteiger partial charge in [0.2, 0.25) is 6.79 Å². The molecule has 7 nitrogen and oxygen atoms in total. The monoisotopic (exact) mass is 476 g/mol. The van der Waals surface area contributed by atoms with E-state index in [9.17, 15) is 9.90 Å². The Morgan fingerprint density at radius 1 is 1.06 bits per heavy atom. The smallest absolute Gasteiger partial charge is 0.257 e. The lowest BCUT2D eigenvalue weighted by Crippen LogP contribution is -2.30. The Kier molecular flexibility index (Phi) is 6.10. The minimum Gasteiger partial charge on any atom is -0.505 e. The number of nitrogens with zero attached hydrogens (tertiary/aromatic N) is 1. The van der Waals surface area contributed by atoms with Crippen LogP contribution < -0.4 is 19.5 Å². The van der Waals surface area contributed by atoms with Crippen LogP contribution in [-0.2, 0) is 11.2 Å². The lowest BCUT2D eigenvalue weighted by molar-refractivity contribution is -0.123. The molecule has 0 saturated heterocycles. The third kappa shape index (κ3) is 4.56. The van der Waals surface area contributed by atoms with Crippen LogP contribution in [0.1, 0.15) is 5.56 Å². The molecule has 0 aliphatic carbocycles. The molecule has 4 aromatic rings. The first kappa shape index (κ1) is 21.9. The number of benzene rings is 3.